The van der Waals surface area contributed by atoms with Gasteiger partial charge in [-0.05, 0) is 43.8 Å². The van der Waals surface area contributed by atoms with Crippen LogP contribution < -0.4 is 10.6 Å². The summed E-state index contributed by atoms with van der Waals surface area (Å²) < 4.78 is 0. The summed E-state index contributed by atoms with van der Waals surface area (Å²) in [5.41, 5.74) is 0.445. The molecular weight excluding hydrogens is 196 g/mol. The van der Waals surface area contributed by atoms with Crippen molar-refractivity contribution in [3.8, 4) is 0 Å². The molecule has 1 atom stereocenters. The molecule has 1 unspecified atom stereocenters. The van der Waals surface area contributed by atoms with Gasteiger partial charge in [-0.1, -0.05) is 41.5 Å². The van der Waals surface area contributed by atoms with Crippen LogP contribution in [0.1, 0.15) is 54.4 Å². The average molecular weight is 228 g/mol. The maximum absolute atomic E-state index is 3.52. The highest BCUT2D eigenvalue weighted by Crippen LogP contribution is 2.27. The van der Waals surface area contributed by atoms with Crippen LogP contribution in [0.3, 0.4) is 0 Å². The van der Waals surface area contributed by atoms with Crippen LogP contribution in [0.15, 0.2) is 0 Å². The first-order valence-corrected chi connectivity index (χ1v) is 6.78. The minimum atomic E-state index is 0.445. The zero-order valence-corrected chi connectivity index (χ0v) is 12.2. The van der Waals surface area contributed by atoms with Crippen molar-refractivity contribution >= 4 is 0 Å². The summed E-state index contributed by atoms with van der Waals surface area (Å²) >= 11 is 0. The first-order chi connectivity index (χ1) is 7.34. The summed E-state index contributed by atoms with van der Waals surface area (Å²) in [5.74, 6) is 0.786. The van der Waals surface area contributed by atoms with Gasteiger partial charge in [0.15, 0.2) is 0 Å². The molecule has 0 bridgehead atoms. The maximum Gasteiger partial charge on any atom is 0.00103 e. The van der Waals surface area contributed by atoms with Crippen molar-refractivity contribution in [2.75, 3.05) is 19.6 Å². The van der Waals surface area contributed by atoms with Crippen LogP contribution in [0.2, 0.25) is 0 Å². The quantitative estimate of drug-likeness (QED) is 0.624. The minimum Gasteiger partial charge on any atom is -0.317 e. The van der Waals surface area contributed by atoms with Crippen LogP contribution in [0, 0.1) is 11.3 Å². The third-order valence-electron chi connectivity index (χ3n) is 3.32. The number of hydrogen-bond donors (Lipinski definition) is 2. The highest BCUT2D eigenvalue weighted by Gasteiger charge is 2.18. The summed E-state index contributed by atoms with van der Waals surface area (Å²) in [6.45, 7) is 17.1. The second kappa shape index (κ2) is 8.08. The van der Waals surface area contributed by atoms with E-state index >= 15 is 0 Å². The predicted molar refractivity (Wildman–Crippen MR) is 73.9 cm³/mol. The van der Waals surface area contributed by atoms with Gasteiger partial charge in [-0.2, -0.15) is 0 Å². The molecule has 0 amide bonds. The van der Waals surface area contributed by atoms with Gasteiger partial charge in [-0.3, -0.25) is 0 Å². The van der Waals surface area contributed by atoms with E-state index in [-0.39, 0.29) is 0 Å². The molecule has 0 aromatic carbocycles. The molecule has 0 aliphatic carbocycles. The summed E-state index contributed by atoms with van der Waals surface area (Å²) in [5, 5.41) is 6.95. The fourth-order valence-corrected chi connectivity index (χ4v) is 1.48. The van der Waals surface area contributed by atoms with Crippen LogP contribution >= 0.6 is 0 Å². The van der Waals surface area contributed by atoms with E-state index in [9.17, 15) is 0 Å². The van der Waals surface area contributed by atoms with E-state index in [2.05, 4.69) is 52.2 Å². The summed E-state index contributed by atoms with van der Waals surface area (Å²) in [6.07, 6.45) is 2.50. The Morgan fingerprint density at radius 1 is 0.938 bits per heavy atom. The highest BCUT2D eigenvalue weighted by molar-refractivity contribution is 4.70. The smallest absolute Gasteiger partial charge is 0.00103 e. The molecule has 0 spiro atoms. The van der Waals surface area contributed by atoms with Crippen LogP contribution in [-0.2, 0) is 0 Å². The molecule has 0 saturated heterocycles. The molecule has 0 heterocycles. The number of nitrogens with one attached hydrogen (secondary N) is 2. The molecular formula is C14H32N2. The van der Waals surface area contributed by atoms with Gasteiger partial charge in [0.05, 0.1) is 0 Å². The van der Waals surface area contributed by atoms with Crippen molar-refractivity contribution in [2.24, 2.45) is 11.3 Å². The van der Waals surface area contributed by atoms with Crippen LogP contribution in [0.4, 0.5) is 0 Å². The summed E-state index contributed by atoms with van der Waals surface area (Å²) in [4.78, 5) is 0. The molecule has 98 valence electrons. The standard InChI is InChI=1S/C14H32N2/c1-12(2)16-10-7-9-15-11-8-13(3)14(4,5)6/h12-13,15-16H,7-11H2,1-6H3. The highest BCUT2D eigenvalue weighted by atomic mass is 14.9. The molecule has 0 aliphatic rings. The molecule has 2 nitrogen and oxygen atoms in total. The van der Waals surface area contributed by atoms with E-state index in [0.717, 1.165) is 25.6 Å². The van der Waals surface area contributed by atoms with Crippen molar-refractivity contribution in [3.63, 3.8) is 0 Å². The zero-order chi connectivity index (χ0) is 12.6. The monoisotopic (exact) mass is 228 g/mol. The third kappa shape index (κ3) is 9.17. The largest absolute Gasteiger partial charge is 0.317 e. The number of hydrogen-bond acceptors (Lipinski definition) is 2. The molecule has 16 heavy (non-hydrogen) atoms. The summed E-state index contributed by atoms with van der Waals surface area (Å²) in [6, 6.07) is 0.612. The fourth-order valence-electron chi connectivity index (χ4n) is 1.48. The second-order valence-corrected chi connectivity index (χ2v) is 6.27. The zero-order valence-electron chi connectivity index (χ0n) is 12.2. The van der Waals surface area contributed by atoms with E-state index in [4.69, 9.17) is 0 Å². The average Bonchev–Trinajstić information content (AvgIpc) is 2.14. The van der Waals surface area contributed by atoms with Crippen LogP contribution in [-0.4, -0.2) is 25.7 Å². The van der Waals surface area contributed by atoms with Crippen molar-refractivity contribution in [1.29, 1.82) is 0 Å². The first kappa shape index (κ1) is 15.9. The molecule has 2 heteroatoms. The second-order valence-electron chi connectivity index (χ2n) is 6.27. The van der Waals surface area contributed by atoms with Crippen molar-refractivity contribution in [2.45, 2.75) is 60.4 Å². The lowest BCUT2D eigenvalue weighted by molar-refractivity contribution is 0.245. The fraction of sp³-hybridized carbons (Fsp3) is 1.00. The molecule has 0 aromatic heterocycles. The maximum atomic E-state index is 3.52. The van der Waals surface area contributed by atoms with Gasteiger partial charge in [0.1, 0.15) is 0 Å². The molecule has 0 fully saturated rings. The lowest BCUT2D eigenvalue weighted by Gasteiger charge is -2.27. The van der Waals surface area contributed by atoms with Gasteiger partial charge in [0.2, 0.25) is 0 Å². The van der Waals surface area contributed by atoms with Crippen molar-refractivity contribution in [1.82, 2.24) is 10.6 Å². The van der Waals surface area contributed by atoms with E-state index < -0.39 is 0 Å². The van der Waals surface area contributed by atoms with Crippen LogP contribution in [0.25, 0.3) is 0 Å². The van der Waals surface area contributed by atoms with Gasteiger partial charge < -0.3 is 10.6 Å². The predicted octanol–water partition coefficient (Wildman–Crippen LogP) is 3.04. The van der Waals surface area contributed by atoms with E-state index in [1.165, 1.54) is 12.8 Å². The minimum absolute atomic E-state index is 0.445. The Labute approximate surface area is 103 Å². The van der Waals surface area contributed by atoms with E-state index in [1.54, 1.807) is 0 Å². The Balaban J connectivity index is 3.28. The van der Waals surface area contributed by atoms with Gasteiger partial charge in [-0.25, -0.2) is 0 Å². The van der Waals surface area contributed by atoms with Crippen molar-refractivity contribution < 1.29 is 0 Å². The van der Waals surface area contributed by atoms with Crippen molar-refractivity contribution in [3.05, 3.63) is 0 Å². The topological polar surface area (TPSA) is 24.1 Å². The van der Waals surface area contributed by atoms with E-state index in [1.807, 2.05) is 0 Å². The lowest BCUT2D eigenvalue weighted by atomic mass is 9.80. The van der Waals surface area contributed by atoms with Crippen LogP contribution in [0.5, 0.6) is 0 Å². The third-order valence-corrected chi connectivity index (χ3v) is 3.32. The van der Waals surface area contributed by atoms with E-state index in [0.29, 0.717) is 11.5 Å². The summed E-state index contributed by atoms with van der Waals surface area (Å²) in [7, 11) is 0. The van der Waals surface area contributed by atoms with Gasteiger partial charge >= 0.3 is 0 Å². The molecule has 0 aromatic rings. The normalized spacial score (nSPS) is 14.4. The Kier molecular flexibility index (Phi) is 8.04. The molecule has 0 saturated carbocycles. The molecule has 0 aliphatic heterocycles. The van der Waals surface area contributed by atoms with Gasteiger partial charge in [-0.15, -0.1) is 0 Å². The Hall–Kier alpha value is -0.0800. The molecule has 0 rings (SSSR count). The Bertz CT molecular complexity index is 159. The van der Waals surface area contributed by atoms with Gasteiger partial charge in [0.25, 0.3) is 0 Å². The lowest BCUT2D eigenvalue weighted by Crippen LogP contribution is -2.28. The SMILES string of the molecule is CC(C)NCCCNCCC(C)C(C)(C)C. The number of rotatable bonds is 8. The first-order valence-electron chi connectivity index (χ1n) is 6.78. The molecule has 2 N–H and O–H groups in total. The van der Waals surface area contributed by atoms with Gasteiger partial charge in [0, 0.05) is 6.04 Å². The molecule has 0 radical (unpaired) electrons. The Morgan fingerprint density at radius 2 is 1.56 bits per heavy atom. The Morgan fingerprint density at radius 3 is 2.06 bits per heavy atom.